The van der Waals surface area contributed by atoms with Gasteiger partial charge in [-0.2, -0.15) is 4.99 Å². The Labute approximate surface area is 152 Å². The van der Waals surface area contributed by atoms with E-state index in [4.69, 9.17) is 0 Å². The molecule has 0 bridgehead atoms. The molecular weight excluding hydrogens is 328 g/mol. The Morgan fingerprint density at radius 1 is 0.960 bits per heavy atom. The van der Waals surface area contributed by atoms with Crippen molar-refractivity contribution in [1.29, 1.82) is 0 Å². The number of benzene rings is 2. The molecule has 25 heavy (non-hydrogen) atoms. The van der Waals surface area contributed by atoms with Gasteiger partial charge in [0.2, 0.25) is 0 Å². The van der Waals surface area contributed by atoms with Crippen LogP contribution < -0.4 is 4.80 Å². The first-order valence-electron chi connectivity index (χ1n) is 8.47. The molecule has 3 aromatic rings. The zero-order valence-electron chi connectivity index (χ0n) is 15.7. The van der Waals surface area contributed by atoms with E-state index in [0.717, 1.165) is 27.0 Å². The number of hydrogen-bond donors (Lipinski definition) is 0. The van der Waals surface area contributed by atoms with Crippen LogP contribution in [0.3, 0.4) is 0 Å². The minimum absolute atomic E-state index is 0.0920. The highest BCUT2D eigenvalue weighted by molar-refractivity contribution is 7.16. The number of carbonyl (C=O) groups is 1. The normalized spacial score (nSPS) is 12.2. The maximum Gasteiger partial charge on any atom is 0.252 e. The van der Waals surface area contributed by atoms with Gasteiger partial charge in [-0.15, -0.1) is 0 Å². The van der Waals surface area contributed by atoms with Gasteiger partial charge in [-0.1, -0.05) is 29.0 Å². The largest absolute Gasteiger partial charge is 0.319 e. The summed E-state index contributed by atoms with van der Waals surface area (Å²) in [7, 11) is 1.97. The number of nitrogens with zero attached hydrogens (tertiary/aromatic N) is 2. The summed E-state index contributed by atoms with van der Waals surface area (Å²) < 4.78 is 3.18. The van der Waals surface area contributed by atoms with Crippen LogP contribution in [0.15, 0.2) is 29.3 Å². The van der Waals surface area contributed by atoms with Gasteiger partial charge in [-0.25, -0.2) is 0 Å². The summed E-state index contributed by atoms with van der Waals surface area (Å²) in [5.74, 6) is -0.0920. The Morgan fingerprint density at radius 3 is 2.20 bits per heavy atom. The molecule has 3 nitrogen and oxygen atoms in total. The van der Waals surface area contributed by atoms with Crippen molar-refractivity contribution in [1.82, 2.24) is 4.57 Å². The van der Waals surface area contributed by atoms with E-state index in [0.29, 0.717) is 6.42 Å². The van der Waals surface area contributed by atoms with Crippen molar-refractivity contribution in [3.8, 4) is 0 Å². The Bertz CT molecular complexity index is 1030. The lowest BCUT2D eigenvalue weighted by atomic mass is 9.97. The fourth-order valence-corrected chi connectivity index (χ4v) is 4.39. The van der Waals surface area contributed by atoms with Crippen LogP contribution >= 0.6 is 11.3 Å². The minimum Gasteiger partial charge on any atom is -0.319 e. The van der Waals surface area contributed by atoms with Crippen LogP contribution in [0.1, 0.15) is 33.4 Å². The third-order valence-corrected chi connectivity index (χ3v) is 5.91. The van der Waals surface area contributed by atoms with E-state index in [1.807, 2.05) is 11.6 Å². The van der Waals surface area contributed by atoms with Crippen LogP contribution in [0.4, 0.5) is 0 Å². The van der Waals surface area contributed by atoms with Crippen molar-refractivity contribution in [3.05, 3.63) is 62.4 Å². The number of amides is 1. The Hall–Kier alpha value is -2.20. The third kappa shape index (κ3) is 3.45. The maximum absolute atomic E-state index is 12.6. The first kappa shape index (κ1) is 17.6. The average Bonchev–Trinajstić information content (AvgIpc) is 2.80. The molecule has 0 unspecified atom stereocenters. The number of rotatable bonds is 2. The van der Waals surface area contributed by atoms with Crippen molar-refractivity contribution in [2.24, 2.45) is 12.0 Å². The molecule has 1 amide bonds. The van der Waals surface area contributed by atoms with Crippen LogP contribution in [-0.2, 0) is 18.3 Å². The number of thiazole rings is 1. The SMILES string of the molecule is Cc1cc(C)c(CC(=O)N=c2sc3cc(C)c(C)cc3n2C)c(C)c1. The molecule has 0 N–H and O–H groups in total. The van der Waals surface area contributed by atoms with E-state index in [1.54, 1.807) is 11.3 Å². The standard InChI is InChI=1S/C21H24N2OS/c1-12-7-15(4)17(16(5)8-12)11-20(24)22-21-23(6)18-9-13(2)14(3)10-19(18)25-21/h7-10H,11H2,1-6H3. The van der Waals surface area contributed by atoms with Gasteiger partial charge in [-0.05, 0) is 74.6 Å². The molecular formula is C21H24N2OS. The topological polar surface area (TPSA) is 34.4 Å². The summed E-state index contributed by atoms with van der Waals surface area (Å²) in [6.45, 7) is 10.4. The molecule has 0 aliphatic carbocycles. The predicted octanol–water partition coefficient (Wildman–Crippen LogP) is 4.45. The molecule has 0 aliphatic rings. The minimum atomic E-state index is -0.0920. The molecule has 0 aliphatic heterocycles. The zero-order chi connectivity index (χ0) is 18.3. The number of fused-ring (bicyclic) bond motifs is 1. The molecule has 0 radical (unpaired) electrons. The summed E-state index contributed by atoms with van der Waals surface area (Å²) in [4.78, 5) is 17.7. The molecule has 2 aromatic carbocycles. The van der Waals surface area contributed by atoms with Gasteiger partial charge in [0.25, 0.3) is 5.91 Å². The highest BCUT2D eigenvalue weighted by atomic mass is 32.1. The van der Waals surface area contributed by atoms with Gasteiger partial charge >= 0.3 is 0 Å². The lowest BCUT2D eigenvalue weighted by Crippen LogP contribution is -2.15. The Kier molecular flexibility index (Phi) is 4.65. The second kappa shape index (κ2) is 6.60. The van der Waals surface area contributed by atoms with Gasteiger partial charge in [0.1, 0.15) is 0 Å². The van der Waals surface area contributed by atoms with Crippen molar-refractivity contribution in [3.63, 3.8) is 0 Å². The monoisotopic (exact) mass is 352 g/mol. The highest BCUT2D eigenvalue weighted by Crippen LogP contribution is 2.21. The summed E-state index contributed by atoms with van der Waals surface area (Å²) >= 11 is 1.57. The van der Waals surface area contributed by atoms with Crippen LogP contribution in [-0.4, -0.2) is 10.5 Å². The van der Waals surface area contributed by atoms with E-state index in [-0.39, 0.29) is 5.91 Å². The van der Waals surface area contributed by atoms with E-state index >= 15 is 0 Å². The summed E-state index contributed by atoms with van der Waals surface area (Å²) in [5.41, 5.74) is 8.28. The van der Waals surface area contributed by atoms with E-state index < -0.39 is 0 Å². The summed E-state index contributed by atoms with van der Waals surface area (Å²) in [6, 6.07) is 8.59. The predicted molar refractivity (Wildman–Crippen MR) is 105 cm³/mol. The third-order valence-electron chi connectivity index (χ3n) is 4.81. The maximum atomic E-state index is 12.6. The first-order valence-corrected chi connectivity index (χ1v) is 9.29. The van der Waals surface area contributed by atoms with Crippen molar-refractivity contribution in [2.75, 3.05) is 0 Å². The second-order valence-corrected chi connectivity index (χ2v) is 7.92. The van der Waals surface area contributed by atoms with Gasteiger partial charge in [0.05, 0.1) is 16.6 Å². The van der Waals surface area contributed by atoms with Crippen LogP contribution in [0.5, 0.6) is 0 Å². The molecule has 0 saturated carbocycles. The van der Waals surface area contributed by atoms with Gasteiger partial charge in [0.15, 0.2) is 4.80 Å². The fraction of sp³-hybridized carbons (Fsp3) is 0.333. The number of aromatic nitrogens is 1. The smallest absolute Gasteiger partial charge is 0.252 e. The Balaban J connectivity index is 2.00. The molecule has 1 heterocycles. The number of hydrogen-bond acceptors (Lipinski definition) is 2. The van der Waals surface area contributed by atoms with Gasteiger partial charge in [-0.3, -0.25) is 4.79 Å². The van der Waals surface area contributed by atoms with Crippen LogP contribution in [0.25, 0.3) is 10.2 Å². The quantitative estimate of drug-likeness (QED) is 0.671. The zero-order valence-corrected chi connectivity index (χ0v) is 16.5. The molecule has 3 rings (SSSR count). The van der Waals surface area contributed by atoms with Crippen molar-refractivity contribution >= 4 is 27.5 Å². The van der Waals surface area contributed by atoms with E-state index in [1.165, 1.54) is 21.4 Å². The highest BCUT2D eigenvalue weighted by Gasteiger charge is 2.11. The Morgan fingerprint density at radius 2 is 1.56 bits per heavy atom. The molecule has 0 spiro atoms. The molecule has 0 fully saturated rings. The van der Waals surface area contributed by atoms with Crippen molar-refractivity contribution < 1.29 is 4.79 Å². The van der Waals surface area contributed by atoms with Crippen molar-refractivity contribution in [2.45, 2.75) is 41.0 Å². The van der Waals surface area contributed by atoms with E-state index in [2.05, 4.69) is 63.9 Å². The first-order chi connectivity index (χ1) is 11.8. The fourth-order valence-electron chi connectivity index (χ4n) is 3.27. The van der Waals surface area contributed by atoms with Gasteiger partial charge in [0, 0.05) is 7.05 Å². The number of aryl methyl sites for hydroxylation is 6. The lowest BCUT2D eigenvalue weighted by Gasteiger charge is -2.09. The number of carbonyl (C=O) groups excluding carboxylic acids is 1. The summed E-state index contributed by atoms with van der Waals surface area (Å²) in [6.07, 6.45) is 0.351. The van der Waals surface area contributed by atoms with Gasteiger partial charge < -0.3 is 4.57 Å². The molecule has 130 valence electrons. The lowest BCUT2D eigenvalue weighted by molar-refractivity contribution is -0.117. The summed E-state index contributed by atoms with van der Waals surface area (Å²) in [5, 5.41) is 0. The van der Waals surface area contributed by atoms with Crippen LogP contribution in [0, 0.1) is 34.6 Å². The molecule has 4 heteroatoms. The molecule has 1 aromatic heterocycles. The second-order valence-electron chi connectivity index (χ2n) is 6.91. The average molecular weight is 353 g/mol. The van der Waals surface area contributed by atoms with Crippen LogP contribution in [0.2, 0.25) is 0 Å². The van der Waals surface area contributed by atoms with E-state index in [9.17, 15) is 4.79 Å². The molecule has 0 saturated heterocycles. The molecule has 0 atom stereocenters.